The molecule has 152 valence electrons. The minimum absolute atomic E-state index is 0.0144. The molecule has 2 heterocycles. The largest absolute Gasteiger partial charge is 0.492 e. The summed E-state index contributed by atoms with van der Waals surface area (Å²) < 4.78 is 11.0. The minimum Gasteiger partial charge on any atom is -0.492 e. The Morgan fingerprint density at radius 2 is 1.86 bits per heavy atom. The third-order valence-electron chi connectivity index (χ3n) is 5.27. The van der Waals surface area contributed by atoms with E-state index in [1.165, 1.54) is 0 Å². The summed E-state index contributed by atoms with van der Waals surface area (Å²) in [5, 5.41) is 3.60. The number of nitrogens with one attached hydrogen (secondary N) is 1. The van der Waals surface area contributed by atoms with Gasteiger partial charge in [-0.05, 0) is 47.9 Å². The van der Waals surface area contributed by atoms with Gasteiger partial charge in [-0.3, -0.25) is 9.59 Å². The first-order chi connectivity index (χ1) is 14.1. The van der Waals surface area contributed by atoms with Gasteiger partial charge in [-0.2, -0.15) is 0 Å². The maximum atomic E-state index is 12.6. The lowest BCUT2D eigenvalue weighted by atomic mass is 9.96. The number of rotatable bonds is 4. The van der Waals surface area contributed by atoms with Crippen LogP contribution in [-0.2, 0) is 22.5 Å². The Bertz CT molecular complexity index is 894. The molecule has 2 aliphatic heterocycles. The monoisotopic (exact) mass is 414 g/mol. The third kappa shape index (κ3) is 4.71. The fourth-order valence-electron chi connectivity index (χ4n) is 3.58. The molecule has 1 fully saturated rings. The molecular weight excluding hydrogens is 392 g/mol. The van der Waals surface area contributed by atoms with Crippen molar-refractivity contribution >= 4 is 23.4 Å². The van der Waals surface area contributed by atoms with Gasteiger partial charge in [0.15, 0.2) is 0 Å². The molecule has 1 atom stereocenters. The first-order valence-electron chi connectivity index (χ1n) is 9.75. The molecule has 6 nitrogen and oxygen atoms in total. The molecule has 7 heteroatoms. The Kier molecular flexibility index (Phi) is 6.02. The summed E-state index contributed by atoms with van der Waals surface area (Å²) in [5.41, 5.74) is 2.54. The average Bonchev–Trinajstić information content (AvgIpc) is 2.77. The molecule has 4 rings (SSSR count). The molecule has 1 N–H and O–H groups in total. The Hall–Kier alpha value is -2.57. The number of amides is 2. The highest BCUT2D eigenvalue weighted by Crippen LogP contribution is 2.29. The summed E-state index contributed by atoms with van der Waals surface area (Å²) in [7, 11) is 0. The minimum atomic E-state index is -0.247. The van der Waals surface area contributed by atoms with Gasteiger partial charge in [0.25, 0.3) is 5.91 Å². The molecule has 0 aliphatic carbocycles. The van der Waals surface area contributed by atoms with Crippen LogP contribution >= 0.6 is 11.6 Å². The lowest BCUT2D eigenvalue weighted by Crippen LogP contribution is -2.40. The topological polar surface area (TPSA) is 67.9 Å². The second kappa shape index (κ2) is 8.84. The fourth-order valence-corrected chi connectivity index (χ4v) is 3.77. The highest BCUT2D eigenvalue weighted by Gasteiger charge is 2.26. The maximum Gasteiger partial charge on any atom is 0.254 e. The molecule has 0 radical (unpaired) electrons. The number of ether oxygens (including phenoxy) is 2. The number of hydrogen-bond acceptors (Lipinski definition) is 4. The van der Waals surface area contributed by atoms with Gasteiger partial charge >= 0.3 is 0 Å². The molecule has 2 amide bonds. The number of nitrogens with zero attached hydrogens (tertiary/aromatic N) is 1. The van der Waals surface area contributed by atoms with Crippen LogP contribution < -0.4 is 10.1 Å². The van der Waals surface area contributed by atoms with E-state index in [1.807, 2.05) is 24.3 Å². The molecule has 2 aromatic rings. The molecule has 0 unspecified atom stereocenters. The van der Waals surface area contributed by atoms with Gasteiger partial charge in [0.05, 0.1) is 19.1 Å². The lowest BCUT2D eigenvalue weighted by molar-refractivity contribution is -0.126. The van der Waals surface area contributed by atoms with Crippen LogP contribution in [0.25, 0.3) is 0 Å². The number of fused-ring (bicyclic) bond motifs is 1. The van der Waals surface area contributed by atoms with Crippen LogP contribution in [0.3, 0.4) is 0 Å². The van der Waals surface area contributed by atoms with Crippen LogP contribution in [0, 0.1) is 5.92 Å². The van der Waals surface area contributed by atoms with Gasteiger partial charge in [-0.15, -0.1) is 0 Å². The second-order valence-corrected chi connectivity index (χ2v) is 7.72. The Labute approximate surface area is 174 Å². The van der Waals surface area contributed by atoms with Crippen LogP contribution in [0.1, 0.15) is 21.5 Å². The zero-order valence-corrected chi connectivity index (χ0v) is 16.8. The van der Waals surface area contributed by atoms with E-state index in [1.54, 1.807) is 23.1 Å². The molecular formula is C22H23ClN2O4. The Morgan fingerprint density at radius 1 is 1.10 bits per heavy atom. The summed E-state index contributed by atoms with van der Waals surface area (Å²) in [6.07, 6.45) is 0.606. The summed E-state index contributed by atoms with van der Waals surface area (Å²) >= 11 is 6.04. The second-order valence-electron chi connectivity index (χ2n) is 7.28. The molecule has 0 spiro atoms. The number of carbonyl (C=O) groups excluding carboxylic acids is 2. The standard InChI is InChI=1S/C22H23ClN2O4/c23-19-5-6-20-17(12-19)11-18(14-29-20)21(26)24-13-15-1-3-16(4-2-15)22(27)25-7-9-28-10-8-25/h1-6,12,18H,7-11,13-14H2,(H,24,26)/t18-/m1/s1. The van der Waals surface area contributed by atoms with E-state index < -0.39 is 0 Å². The van der Waals surface area contributed by atoms with Crippen LogP contribution in [-0.4, -0.2) is 49.6 Å². The zero-order valence-electron chi connectivity index (χ0n) is 16.0. The molecule has 0 aromatic heterocycles. The van der Waals surface area contributed by atoms with Crippen molar-refractivity contribution in [1.29, 1.82) is 0 Å². The molecule has 0 saturated carbocycles. The molecule has 0 bridgehead atoms. The SMILES string of the molecule is O=C(NCc1ccc(C(=O)N2CCOCC2)cc1)[C@H]1COc2ccc(Cl)cc2C1. The molecule has 2 aliphatic rings. The summed E-state index contributed by atoms with van der Waals surface area (Å²) in [6, 6.07) is 12.8. The van der Waals surface area contributed by atoms with Crippen LogP contribution in [0.2, 0.25) is 5.02 Å². The predicted molar refractivity (Wildman–Crippen MR) is 109 cm³/mol. The average molecular weight is 415 g/mol. The van der Waals surface area contributed by atoms with Crippen molar-refractivity contribution in [3.8, 4) is 5.75 Å². The zero-order chi connectivity index (χ0) is 20.2. The van der Waals surface area contributed by atoms with Crippen molar-refractivity contribution in [2.24, 2.45) is 5.92 Å². The summed E-state index contributed by atoms with van der Waals surface area (Å²) in [5.74, 6) is 0.506. The Balaban J connectivity index is 1.31. The van der Waals surface area contributed by atoms with E-state index in [-0.39, 0.29) is 17.7 Å². The molecule has 2 aromatic carbocycles. The number of morpholine rings is 1. The van der Waals surface area contributed by atoms with Crippen molar-refractivity contribution in [3.05, 3.63) is 64.2 Å². The van der Waals surface area contributed by atoms with Crippen LogP contribution in [0.15, 0.2) is 42.5 Å². The number of halogens is 1. The molecule has 1 saturated heterocycles. The van der Waals surface area contributed by atoms with Crippen molar-refractivity contribution in [3.63, 3.8) is 0 Å². The first-order valence-corrected chi connectivity index (χ1v) is 10.1. The predicted octanol–water partition coefficient (Wildman–Crippen LogP) is 2.68. The summed E-state index contributed by atoms with van der Waals surface area (Å²) in [6.45, 7) is 3.16. The third-order valence-corrected chi connectivity index (χ3v) is 5.50. The van der Waals surface area contributed by atoms with Crippen molar-refractivity contribution in [2.45, 2.75) is 13.0 Å². The number of benzene rings is 2. The van der Waals surface area contributed by atoms with E-state index in [0.717, 1.165) is 16.9 Å². The van der Waals surface area contributed by atoms with Gasteiger partial charge in [0.2, 0.25) is 5.91 Å². The number of hydrogen-bond donors (Lipinski definition) is 1. The van der Waals surface area contributed by atoms with E-state index in [0.29, 0.717) is 56.5 Å². The first kappa shape index (κ1) is 19.7. The lowest BCUT2D eigenvalue weighted by Gasteiger charge is -2.27. The van der Waals surface area contributed by atoms with Crippen LogP contribution in [0.4, 0.5) is 0 Å². The van der Waals surface area contributed by atoms with E-state index in [9.17, 15) is 9.59 Å². The van der Waals surface area contributed by atoms with Gasteiger partial charge in [0.1, 0.15) is 12.4 Å². The van der Waals surface area contributed by atoms with E-state index in [2.05, 4.69) is 5.32 Å². The van der Waals surface area contributed by atoms with Gasteiger partial charge in [0, 0.05) is 30.2 Å². The van der Waals surface area contributed by atoms with E-state index >= 15 is 0 Å². The highest BCUT2D eigenvalue weighted by atomic mass is 35.5. The van der Waals surface area contributed by atoms with Crippen molar-refractivity contribution in [1.82, 2.24) is 10.2 Å². The highest BCUT2D eigenvalue weighted by molar-refractivity contribution is 6.30. The Morgan fingerprint density at radius 3 is 2.62 bits per heavy atom. The number of carbonyl (C=O) groups is 2. The summed E-state index contributed by atoms with van der Waals surface area (Å²) in [4.78, 5) is 26.8. The quantitative estimate of drug-likeness (QED) is 0.835. The van der Waals surface area contributed by atoms with Crippen molar-refractivity contribution in [2.75, 3.05) is 32.9 Å². The van der Waals surface area contributed by atoms with E-state index in [4.69, 9.17) is 21.1 Å². The van der Waals surface area contributed by atoms with Gasteiger partial charge < -0.3 is 19.7 Å². The normalized spacial score (nSPS) is 18.5. The maximum absolute atomic E-state index is 12.6. The van der Waals surface area contributed by atoms with Gasteiger partial charge in [-0.25, -0.2) is 0 Å². The molecule has 29 heavy (non-hydrogen) atoms. The van der Waals surface area contributed by atoms with Gasteiger partial charge in [-0.1, -0.05) is 23.7 Å². The fraction of sp³-hybridized carbons (Fsp3) is 0.364. The van der Waals surface area contributed by atoms with Crippen LogP contribution in [0.5, 0.6) is 5.75 Å². The smallest absolute Gasteiger partial charge is 0.254 e. The van der Waals surface area contributed by atoms with Crippen molar-refractivity contribution < 1.29 is 19.1 Å².